The van der Waals surface area contributed by atoms with Crippen molar-refractivity contribution in [2.24, 2.45) is 0 Å². The molecule has 2 aromatic rings. The number of methoxy groups -OCH3 is 2. The number of carbonyl (C=O) groups is 1. The maximum absolute atomic E-state index is 12.9. The summed E-state index contributed by atoms with van der Waals surface area (Å²) in [4.78, 5) is 14.7. The Morgan fingerprint density at radius 1 is 1.10 bits per heavy atom. The molecule has 1 aliphatic rings. The van der Waals surface area contributed by atoms with E-state index < -0.39 is 6.04 Å². The maximum atomic E-state index is 12.9. The van der Waals surface area contributed by atoms with Crippen molar-refractivity contribution < 1.29 is 19.0 Å². The van der Waals surface area contributed by atoms with Crippen molar-refractivity contribution >= 4 is 29.0 Å². The molecule has 0 amide bonds. The van der Waals surface area contributed by atoms with Gasteiger partial charge in [-0.3, -0.25) is 4.90 Å². The maximum Gasteiger partial charge on any atom is 0.338 e. The normalized spacial score (nSPS) is 16.3. The first kappa shape index (κ1) is 20.7. The SMILES string of the molecule is CCOC(=O)C1=C(C)N(c2ccc(OC)cc2)C(=S)NC1c1cccc(OC)c1. The minimum Gasteiger partial charge on any atom is -0.497 e. The quantitative estimate of drug-likeness (QED) is 0.569. The first-order valence-electron chi connectivity index (χ1n) is 9.26. The third kappa shape index (κ3) is 4.19. The summed E-state index contributed by atoms with van der Waals surface area (Å²) in [6, 6.07) is 14.6. The number of anilines is 1. The first-order valence-corrected chi connectivity index (χ1v) is 9.67. The van der Waals surface area contributed by atoms with Crippen LogP contribution in [0.3, 0.4) is 0 Å². The molecule has 0 fully saturated rings. The molecular formula is C22H24N2O4S. The Balaban J connectivity index is 2.10. The molecule has 7 heteroatoms. The average molecular weight is 413 g/mol. The van der Waals surface area contributed by atoms with Crippen LogP contribution in [0, 0.1) is 0 Å². The number of carbonyl (C=O) groups excluding carboxylic acids is 1. The summed E-state index contributed by atoms with van der Waals surface area (Å²) in [6.45, 7) is 3.95. The van der Waals surface area contributed by atoms with Gasteiger partial charge in [-0.1, -0.05) is 12.1 Å². The molecule has 0 spiro atoms. The lowest BCUT2D eigenvalue weighted by Crippen LogP contribution is -2.48. The third-order valence-electron chi connectivity index (χ3n) is 4.74. The molecule has 0 bridgehead atoms. The van der Waals surface area contributed by atoms with Crippen molar-refractivity contribution in [3.05, 3.63) is 65.4 Å². The number of benzene rings is 2. The molecule has 1 N–H and O–H groups in total. The Labute approximate surface area is 176 Å². The standard InChI is InChI=1S/C22H24N2O4S/c1-5-28-21(25)19-14(2)24(16-9-11-17(26-3)12-10-16)22(29)23-20(19)15-7-6-8-18(13-15)27-4/h6-13,20H,5H2,1-4H3,(H,23,29). The van der Waals surface area contributed by atoms with E-state index in [1.807, 2.05) is 60.4 Å². The Bertz CT molecular complexity index is 940. The second-order valence-corrected chi connectivity index (χ2v) is 6.80. The summed E-state index contributed by atoms with van der Waals surface area (Å²) in [5.74, 6) is 1.06. The Kier molecular flexibility index (Phi) is 6.39. The van der Waals surface area contributed by atoms with Crippen molar-refractivity contribution in [3.63, 3.8) is 0 Å². The fraction of sp³-hybridized carbons (Fsp3) is 0.273. The summed E-state index contributed by atoms with van der Waals surface area (Å²) in [6.07, 6.45) is 0. The van der Waals surface area contributed by atoms with Crippen LogP contribution in [0.25, 0.3) is 0 Å². The molecule has 1 atom stereocenters. The monoisotopic (exact) mass is 412 g/mol. The summed E-state index contributed by atoms with van der Waals surface area (Å²) in [7, 11) is 3.22. The molecule has 2 aromatic carbocycles. The van der Waals surface area contributed by atoms with Gasteiger partial charge in [-0.25, -0.2) is 4.79 Å². The van der Waals surface area contributed by atoms with Crippen molar-refractivity contribution in [1.29, 1.82) is 0 Å². The summed E-state index contributed by atoms with van der Waals surface area (Å²) in [5.41, 5.74) is 2.91. The van der Waals surface area contributed by atoms with Gasteiger partial charge in [-0.15, -0.1) is 0 Å². The van der Waals surface area contributed by atoms with Crippen molar-refractivity contribution in [2.45, 2.75) is 19.9 Å². The molecule has 6 nitrogen and oxygen atoms in total. The van der Waals surface area contributed by atoms with Gasteiger partial charge >= 0.3 is 5.97 Å². The summed E-state index contributed by atoms with van der Waals surface area (Å²) in [5, 5.41) is 3.79. The molecule has 0 aliphatic carbocycles. The highest BCUT2D eigenvalue weighted by Gasteiger charge is 2.35. The van der Waals surface area contributed by atoms with E-state index in [2.05, 4.69) is 5.32 Å². The molecule has 1 unspecified atom stereocenters. The number of hydrogen-bond acceptors (Lipinski definition) is 5. The lowest BCUT2D eigenvalue weighted by atomic mass is 9.94. The van der Waals surface area contributed by atoms with Crippen LogP contribution in [0.4, 0.5) is 5.69 Å². The largest absolute Gasteiger partial charge is 0.497 e. The van der Waals surface area contributed by atoms with Crippen LogP contribution in [-0.2, 0) is 9.53 Å². The fourth-order valence-electron chi connectivity index (χ4n) is 3.33. The topological polar surface area (TPSA) is 60.0 Å². The van der Waals surface area contributed by atoms with Gasteiger partial charge in [-0.05, 0) is 68.0 Å². The zero-order valence-corrected chi connectivity index (χ0v) is 17.7. The molecule has 0 radical (unpaired) electrons. The predicted octanol–water partition coefficient (Wildman–Crippen LogP) is 3.98. The third-order valence-corrected chi connectivity index (χ3v) is 5.04. The predicted molar refractivity (Wildman–Crippen MR) is 116 cm³/mol. The van der Waals surface area contributed by atoms with Crippen LogP contribution in [0.15, 0.2) is 59.8 Å². The summed E-state index contributed by atoms with van der Waals surface area (Å²) < 4.78 is 15.9. The number of esters is 1. The highest BCUT2D eigenvalue weighted by atomic mass is 32.1. The van der Waals surface area contributed by atoms with E-state index >= 15 is 0 Å². The molecule has 1 heterocycles. The lowest BCUT2D eigenvalue weighted by Gasteiger charge is -2.37. The smallest absolute Gasteiger partial charge is 0.338 e. The van der Waals surface area contributed by atoms with Crippen LogP contribution in [-0.4, -0.2) is 31.9 Å². The van der Waals surface area contributed by atoms with Gasteiger partial charge < -0.3 is 19.5 Å². The fourth-order valence-corrected chi connectivity index (χ4v) is 3.69. The number of hydrogen-bond donors (Lipinski definition) is 1. The number of allylic oxidation sites excluding steroid dienone is 1. The zero-order valence-electron chi connectivity index (χ0n) is 16.9. The van der Waals surface area contributed by atoms with Gasteiger partial charge in [0.25, 0.3) is 0 Å². The van der Waals surface area contributed by atoms with Gasteiger partial charge in [0, 0.05) is 11.4 Å². The van der Waals surface area contributed by atoms with Gasteiger partial charge in [0.1, 0.15) is 11.5 Å². The highest BCUT2D eigenvalue weighted by molar-refractivity contribution is 7.80. The average Bonchev–Trinajstić information content (AvgIpc) is 2.74. The summed E-state index contributed by atoms with van der Waals surface area (Å²) >= 11 is 5.66. The number of thiocarbonyl (C=S) groups is 1. The van der Waals surface area contributed by atoms with E-state index in [1.165, 1.54) is 0 Å². The molecule has 0 aromatic heterocycles. The van der Waals surface area contributed by atoms with Gasteiger partial charge in [0.2, 0.25) is 0 Å². The van der Waals surface area contributed by atoms with E-state index in [0.29, 0.717) is 22.1 Å². The number of nitrogens with zero attached hydrogens (tertiary/aromatic N) is 1. The van der Waals surface area contributed by atoms with Crippen LogP contribution in [0.1, 0.15) is 25.5 Å². The molecule has 0 saturated heterocycles. The van der Waals surface area contributed by atoms with Crippen LogP contribution in [0.2, 0.25) is 0 Å². The van der Waals surface area contributed by atoms with Crippen molar-refractivity contribution in [2.75, 3.05) is 25.7 Å². The zero-order chi connectivity index (χ0) is 21.0. The molecule has 29 heavy (non-hydrogen) atoms. The van der Waals surface area contributed by atoms with Gasteiger partial charge in [0.15, 0.2) is 5.11 Å². The molecular weight excluding hydrogens is 388 g/mol. The molecule has 1 aliphatic heterocycles. The van der Waals surface area contributed by atoms with E-state index in [0.717, 1.165) is 17.0 Å². The first-order chi connectivity index (χ1) is 14.0. The van der Waals surface area contributed by atoms with E-state index in [9.17, 15) is 4.79 Å². The van der Waals surface area contributed by atoms with Crippen molar-refractivity contribution in [3.8, 4) is 11.5 Å². The number of nitrogens with one attached hydrogen (secondary N) is 1. The minimum atomic E-state index is -0.439. The lowest BCUT2D eigenvalue weighted by molar-refractivity contribution is -0.139. The van der Waals surface area contributed by atoms with E-state index in [4.69, 9.17) is 26.4 Å². The Morgan fingerprint density at radius 2 is 1.79 bits per heavy atom. The second-order valence-electron chi connectivity index (χ2n) is 6.41. The molecule has 152 valence electrons. The minimum absolute atomic E-state index is 0.285. The van der Waals surface area contributed by atoms with Gasteiger partial charge in [0.05, 0.1) is 32.4 Å². The van der Waals surface area contributed by atoms with Crippen LogP contribution in [0.5, 0.6) is 11.5 Å². The number of rotatable bonds is 6. The van der Waals surface area contributed by atoms with Gasteiger partial charge in [-0.2, -0.15) is 0 Å². The second kappa shape index (κ2) is 8.96. The highest BCUT2D eigenvalue weighted by Crippen LogP contribution is 2.35. The van der Waals surface area contributed by atoms with Crippen LogP contribution < -0.4 is 19.7 Å². The molecule has 3 rings (SSSR count). The Hall–Kier alpha value is -3.06. The van der Waals surface area contributed by atoms with E-state index in [1.54, 1.807) is 21.1 Å². The molecule has 0 saturated carbocycles. The number of ether oxygens (including phenoxy) is 3. The van der Waals surface area contributed by atoms with Crippen LogP contribution >= 0.6 is 12.2 Å². The Morgan fingerprint density at radius 3 is 2.41 bits per heavy atom. The van der Waals surface area contributed by atoms with E-state index in [-0.39, 0.29) is 12.6 Å². The van der Waals surface area contributed by atoms with Crippen molar-refractivity contribution in [1.82, 2.24) is 5.32 Å².